The van der Waals surface area contributed by atoms with Gasteiger partial charge in [-0.05, 0) is 23.5 Å². The zero-order valence-corrected chi connectivity index (χ0v) is 11.6. The van der Waals surface area contributed by atoms with Crippen molar-refractivity contribution in [3.05, 3.63) is 53.0 Å². The van der Waals surface area contributed by atoms with Crippen molar-refractivity contribution in [2.45, 2.75) is 32.4 Å². The van der Waals surface area contributed by atoms with Gasteiger partial charge in [-0.2, -0.15) is 0 Å². The first-order valence-corrected chi connectivity index (χ1v) is 7.03. The fourth-order valence-electron chi connectivity index (χ4n) is 1.86. The van der Waals surface area contributed by atoms with E-state index in [9.17, 15) is 0 Å². The molecule has 1 aromatic rings. The summed E-state index contributed by atoms with van der Waals surface area (Å²) in [5, 5.41) is 0.720. The second-order valence-electron chi connectivity index (χ2n) is 5.56. The minimum atomic E-state index is 0.392. The summed E-state index contributed by atoms with van der Waals surface area (Å²) in [7, 11) is 0. The summed E-state index contributed by atoms with van der Waals surface area (Å²) >= 11 is 2.01. The fraction of sp³-hybridized carbons (Fsp3) is 0.375. The molecule has 0 amide bonds. The Bertz CT molecular complexity index is 421. The lowest BCUT2D eigenvalue weighted by Crippen LogP contribution is -2.20. The van der Waals surface area contributed by atoms with Gasteiger partial charge in [-0.1, -0.05) is 63.3 Å². The minimum Gasteiger partial charge on any atom is -0.122 e. The van der Waals surface area contributed by atoms with Gasteiger partial charge in [0.15, 0.2) is 0 Å². The molecule has 1 heteroatoms. The first-order valence-electron chi connectivity index (χ1n) is 6.16. The van der Waals surface area contributed by atoms with Crippen LogP contribution in [-0.2, 0) is 0 Å². The van der Waals surface area contributed by atoms with Crippen molar-refractivity contribution in [1.29, 1.82) is 0 Å². The van der Waals surface area contributed by atoms with Gasteiger partial charge in [0.05, 0.1) is 0 Å². The quantitative estimate of drug-likeness (QED) is 0.694. The lowest BCUT2D eigenvalue weighted by Gasteiger charge is -2.25. The molecule has 1 aromatic carbocycles. The Morgan fingerprint density at radius 2 is 1.82 bits per heavy atom. The third kappa shape index (κ3) is 3.50. The minimum absolute atomic E-state index is 0.392. The Labute approximate surface area is 109 Å². The van der Waals surface area contributed by atoms with Gasteiger partial charge in [-0.15, -0.1) is 11.8 Å². The Balaban J connectivity index is 1.97. The number of thioether (sulfide) groups is 1. The maximum atomic E-state index is 2.36. The van der Waals surface area contributed by atoms with E-state index >= 15 is 0 Å². The summed E-state index contributed by atoms with van der Waals surface area (Å²) in [6.45, 7) is 6.97. The van der Waals surface area contributed by atoms with Crippen LogP contribution >= 0.6 is 11.8 Å². The maximum absolute atomic E-state index is 2.36. The van der Waals surface area contributed by atoms with E-state index in [1.54, 1.807) is 0 Å². The van der Waals surface area contributed by atoms with Crippen molar-refractivity contribution in [3.8, 4) is 0 Å². The lowest BCUT2D eigenvalue weighted by atomic mass is 9.90. The van der Waals surface area contributed by atoms with Crippen molar-refractivity contribution in [1.82, 2.24) is 0 Å². The lowest BCUT2D eigenvalue weighted by molar-refractivity contribution is 0.398. The third-order valence-electron chi connectivity index (χ3n) is 3.02. The summed E-state index contributed by atoms with van der Waals surface area (Å²) < 4.78 is 0. The third-order valence-corrected chi connectivity index (χ3v) is 4.78. The average molecular weight is 244 g/mol. The molecule has 0 aromatic heterocycles. The second kappa shape index (κ2) is 5.14. The number of hydrogen-bond acceptors (Lipinski definition) is 1. The zero-order chi connectivity index (χ0) is 12.3. The van der Waals surface area contributed by atoms with Gasteiger partial charge in [0.25, 0.3) is 0 Å². The molecule has 0 saturated carbocycles. The van der Waals surface area contributed by atoms with Crippen LogP contribution in [0.4, 0.5) is 0 Å². The van der Waals surface area contributed by atoms with Crippen LogP contribution in [0.1, 0.15) is 32.8 Å². The molecule has 0 nitrogen and oxygen atoms in total. The van der Waals surface area contributed by atoms with Crippen molar-refractivity contribution >= 4 is 17.8 Å². The van der Waals surface area contributed by atoms with Crippen LogP contribution in [0.3, 0.4) is 0 Å². The first-order chi connectivity index (χ1) is 8.05. The van der Waals surface area contributed by atoms with E-state index in [-0.39, 0.29) is 0 Å². The van der Waals surface area contributed by atoms with Crippen molar-refractivity contribution in [2.24, 2.45) is 5.41 Å². The molecule has 0 N–H and O–H groups in total. The number of rotatable bonds is 2. The standard InChI is InChI=1S/C16H20S/c1-16(2,3)15-12-11-14(17-15)10-9-13-7-5-4-6-8-13/h4-11,15H,12H2,1-3H3/b10-9+. The number of allylic oxidation sites excluding steroid dienone is 2. The highest BCUT2D eigenvalue weighted by Gasteiger charge is 2.28. The molecule has 1 atom stereocenters. The molecule has 0 fully saturated rings. The average Bonchev–Trinajstić information content (AvgIpc) is 2.76. The summed E-state index contributed by atoms with van der Waals surface area (Å²) in [6.07, 6.45) is 8.00. The molecule has 17 heavy (non-hydrogen) atoms. The molecule has 1 aliphatic heterocycles. The SMILES string of the molecule is CC(C)(C)C1CC=C(/C=C/c2ccccc2)S1. The van der Waals surface area contributed by atoms with Crippen LogP contribution in [-0.4, -0.2) is 5.25 Å². The largest absolute Gasteiger partial charge is 0.122 e. The van der Waals surface area contributed by atoms with E-state index in [0.29, 0.717) is 5.41 Å². The Morgan fingerprint density at radius 1 is 1.12 bits per heavy atom. The fourth-order valence-corrected chi connectivity index (χ4v) is 3.08. The van der Waals surface area contributed by atoms with E-state index in [1.807, 2.05) is 11.8 Å². The van der Waals surface area contributed by atoms with Crippen molar-refractivity contribution in [2.75, 3.05) is 0 Å². The van der Waals surface area contributed by atoms with Crippen LogP contribution < -0.4 is 0 Å². The predicted molar refractivity (Wildman–Crippen MR) is 79.0 cm³/mol. The number of benzene rings is 1. The molecule has 0 radical (unpaired) electrons. The summed E-state index contributed by atoms with van der Waals surface area (Å²) in [5.41, 5.74) is 1.66. The van der Waals surface area contributed by atoms with Crippen LogP contribution in [0.5, 0.6) is 0 Å². The van der Waals surface area contributed by atoms with Crippen molar-refractivity contribution < 1.29 is 0 Å². The predicted octanol–water partition coefficient (Wildman–Crippen LogP) is 5.14. The first kappa shape index (κ1) is 12.5. The van der Waals surface area contributed by atoms with Gasteiger partial charge in [0.1, 0.15) is 0 Å². The van der Waals surface area contributed by atoms with E-state index in [0.717, 1.165) is 5.25 Å². The highest BCUT2D eigenvalue weighted by atomic mass is 32.2. The van der Waals surface area contributed by atoms with E-state index in [2.05, 4.69) is 69.3 Å². The molecular weight excluding hydrogens is 224 g/mol. The second-order valence-corrected chi connectivity index (χ2v) is 6.83. The van der Waals surface area contributed by atoms with Crippen molar-refractivity contribution in [3.63, 3.8) is 0 Å². The van der Waals surface area contributed by atoms with Gasteiger partial charge in [-0.3, -0.25) is 0 Å². The van der Waals surface area contributed by atoms with Gasteiger partial charge in [0, 0.05) is 10.2 Å². The molecular formula is C16H20S. The van der Waals surface area contributed by atoms with Gasteiger partial charge in [-0.25, -0.2) is 0 Å². The molecule has 0 saturated heterocycles. The van der Waals surface area contributed by atoms with Gasteiger partial charge >= 0.3 is 0 Å². The van der Waals surface area contributed by atoms with E-state index < -0.39 is 0 Å². The molecule has 1 heterocycles. The molecule has 1 aliphatic rings. The zero-order valence-electron chi connectivity index (χ0n) is 10.8. The Morgan fingerprint density at radius 3 is 2.41 bits per heavy atom. The molecule has 2 rings (SSSR count). The van der Waals surface area contributed by atoms with Gasteiger partial charge < -0.3 is 0 Å². The monoisotopic (exact) mass is 244 g/mol. The molecule has 1 unspecified atom stereocenters. The number of hydrogen-bond donors (Lipinski definition) is 0. The summed E-state index contributed by atoms with van der Waals surface area (Å²) in [4.78, 5) is 1.41. The van der Waals surface area contributed by atoms with Crippen LogP contribution in [0, 0.1) is 5.41 Å². The Kier molecular flexibility index (Phi) is 3.78. The molecule has 90 valence electrons. The smallest absolute Gasteiger partial charge is 0.0178 e. The van der Waals surface area contributed by atoms with Crippen LogP contribution in [0.2, 0.25) is 0 Å². The summed E-state index contributed by atoms with van der Waals surface area (Å²) in [6, 6.07) is 10.5. The van der Waals surface area contributed by atoms with E-state index in [1.165, 1.54) is 16.9 Å². The van der Waals surface area contributed by atoms with Crippen LogP contribution in [0.15, 0.2) is 47.4 Å². The topological polar surface area (TPSA) is 0 Å². The summed E-state index contributed by atoms with van der Waals surface area (Å²) in [5.74, 6) is 0. The molecule has 0 spiro atoms. The van der Waals surface area contributed by atoms with Gasteiger partial charge in [0.2, 0.25) is 0 Å². The highest BCUT2D eigenvalue weighted by Crippen LogP contribution is 2.42. The molecule has 0 aliphatic carbocycles. The molecule has 0 bridgehead atoms. The maximum Gasteiger partial charge on any atom is 0.0178 e. The van der Waals surface area contributed by atoms with E-state index in [4.69, 9.17) is 0 Å². The Hall–Kier alpha value is -0.950. The normalized spacial score (nSPS) is 20.9. The van der Waals surface area contributed by atoms with Crippen LogP contribution in [0.25, 0.3) is 6.08 Å². The highest BCUT2D eigenvalue weighted by molar-refractivity contribution is 8.04.